The van der Waals surface area contributed by atoms with E-state index in [1.165, 1.54) is 0 Å². The fraction of sp³-hybridized carbons (Fsp3) is 0.500. The van der Waals surface area contributed by atoms with Gasteiger partial charge in [0.05, 0.1) is 18.1 Å². The van der Waals surface area contributed by atoms with Crippen LogP contribution < -0.4 is 4.74 Å². The minimum Gasteiger partial charge on any atom is -0.483 e. The first-order valence-corrected chi connectivity index (χ1v) is 11.8. The van der Waals surface area contributed by atoms with Gasteiger partial charge in [0.2, 0.25) is 0 Å². The number of furan rings is 1. The van der Waals surface area contributed by atoms with Crippen LogP contribution in [0.4, 0.5) is 0 Å². The third kappa shape index (κ3) is 5.41. The molecule has 1 aromatic heterocycles. The van der Waals surface area contributed by atoms with E-state index in [0.29, 0.717) is 17.9 Å². The summed E-state index contributed by atoms with van der Waals surface area (Å²) in [4.78, 5) is 14.6. The average molecular weight is 420 g/mol. The maximum atomic E-state index is 13.1. The van der Waals surface area contributed by atoms with Gasteiger partial charge in [-0.2, -0.15) is 0 Å². The molecule has 158 valence electrons. The molecule has 0 spiro atoms. The summed E-state index contributed by atoms with van der Waals surface area (Å²) in [6.07, 6.45) is 0.440. The van der Waals surface area contributed by atoms with Gasteiger partial charge >= 0.3 is 0 Å². The van der Waals surface area contributed by atoms with Crippen molar-refractivity contribution < 1.29 is 22.4 Å². The van der Waals surface area contributed by atoms with E-state index in [1.54, 1.807) is 4.90 Å². The molecule has 1 aliphatic rings. The zero-order valence-corrected chi connectivity index (χ0v) is 18.3. The van der Waals surface area contributed by atoms with Crippen molar-refractivity contribution >= 4 is 15.7 Å². The Morgan fingerprint density at radius 1 is 1.24 bits per heavy atom. The number of hydrogen-bond acceptors (Lipinski definition) is 5. The zero-order chi connectivity index (χ0) is 21.2. The molecule has 29 heavy (non-hydrogen) atoms. The third-order valence-electron chi connectivity index (χ3n) is 5.23. The van der Waals surface area contributed by atoms with Gasteiger partial charge in [0.25, 0.3) is 5.91 Å². The number of amides is 1. The molecule has 0 bridgehead atoms. The van der Waals surface area contributed by atoms with E-state index in [1.807, 2.05) is 44.2 Å². The number of aryl methyl sites for hydroxylation is 2. The maximum Gasteiger partial charge on any atom is 0.261 e. The number of sulfone groups is 1. The van der Waals surface area contributed by atoms with Gasteiger partial charge in [-0.1, -0.05) is 26.0 Å². The lowest BCUT2D eigenvalue weighted by molar-refractivity contribution is -0.136. The minimum atomic E-state index is -3.12. The van der Waals surface area contributed by atoms with Crippen LogP contribution in [0.5, 0.6) is 5.75 Å². The van der Waals surface area contributed by atoms with Crippen molar-refractivity contribution in [1.82, 2.24) is 4.90 Å². The van der Waals surface area contributed by atoms with Crippen molar-refractivity contribution in [3.63, 3.8) is 0 Å². The van der Waals surface area contributed by atoms with E-state index in [-0.39, 0.29) is 42.5 Å². The largest absolute Gasteiger partial charge is 0.483 e. The molecule has 0 N–H and O–H groups in total. The summed E-state index contributed by atoms with van der Waals surface area (Å²) in [5.74, 6) is 2.21. The predicted octanol–water partition coefficient (Wildman–Crippen LogP) is 3.61. The summed E-state index contributed by atoms with van der Waals surface area (Å²) in [6, 6.07) is 9.27. The van der Waals surface area contributed by atoms with Crippen LogP contribution in [-0.4, -0.2) is 43.4 Å². The summed E-state index contributed by atoms with van der Waals surface area (Å²) in [7, 11) is -3.12. The van der Waals surface area contributed by atoms with E-state index in [4.69, 9.17) is 9.15 Å². The standard InChI is InChI=1S/C22H29NO5S/c1-15(2)20-8-5-16(3)11-21(20)27-13-22(24)23(12-19-7-6-17(4)28-19)18-9-10-29(25,26)14-18/h5-8,11,15,18H,9-10,12-14H2,1-4H3. The molecular weight excluding hydrogens is 390 g/mol. The van der Waals surface area contributed by atoms with Gasteiger partial charge in [-0.15, -0.1) is 0 Å². The Labute approximate surface area is 172 Å². The molecule has 1 amide bonds. The SMILES string of the molecule is Cc1ccc(C(C)C)c(OCC(=O)N(Cc2ccc(C)o2)C2CCS(=O)(=O)C2)c1. The molecule has 0 aliphatic carbocycles. The Balaban J connectivity index is 1.77. The number of rotatable bonds is 7. The number of benzene rings is 1. The van der Waals surface area contributed by atoms with Crippen molar-refractivity contribution in [3.05, 3.63) is 53.0 Å². The van der Waals surface area contributed by atoms with Gasteiger partial charge in [0.15, 0.2) is 16.4 Å². The van der Waals surface area contributed by atoms with Crippen LogP contribution in [0.25, 0.3) is 0 Å². The summed E-state index contributed by atoms with van der Waals surface area (Å²) in [6.45, 7) is 8.07. The molecule has 1 saturated heterocycles. The molecule has 1 atom stereocenters. The van der Waals surface area contributed by atoms with E-state index in [0.717, 1.165) is 16.9 Å². The van der Waals surface area contributed by atoms with Crippen LogP contribution in [0.3, 0.4) is 0 Å². The molecule has 1 unspecified atom stereocenters. The van der Waals surface area contributed by atoms with Gasteiger partial charge in [0.1, 0.15) is 17.3 Å². The van der Waals surface area contributed by atoms with Crippen LogP contribution in [0.15, 0.2) is 34.7 Å². The molecule has 1 aromatic carbocycles. The van der Waals surface area contributed by atoms with Crippen molar-refractivity contribution in [2.24, 2.45) is 0 Å². The first-order valence-electron chi connectivity index (χ1n) is 9.93. The zero-order valence-electron chi connectivity index (χ0n) is 17.5. The highest BCUT2D eigenvalue weighted by molar-refractivity contribution is 7.91. The van der Waals surface area contributed by atoms with Gasteiger partial charge in [-0.05, 0) is 55.5 Å². The fourth-order valence-electron chi connectivity index (χ4n) is 3.65. The second-order valence-corrected chi connectivity index (χ2v) is 10.3. The lowest BCUT2D eigenvalue weighted by Gasteiger charge is -2.27. The normalized spacial score (nSPS) is 18.2. The Bertz CT molecular complexity index is 977. The molecule has 6 nitrogen and oxygen atoms in total. The predicted molar refractivity (Wildman–Crippen MR) is 112 cm³/mol. The van der Waals surface area contributed by atoms with Crippen LogP contribution in [0, 0.1) is 13.8 Å². The summed E-state index contributed by atoms with van der Waals surface area (Å²) < 4.78 is 35.5. The van der Waals surface area contributed by atoms with Crippen LogP contribution >= 0.6 is 0 Å². The first kappa shape index (κ1) is 21.4. The average Bonchev–Trinajstić information content (AvgIpc) is 3.22. The monoisotopic (exact) mass is 419 g/mol. The third-order valence-corrected chi connectivity index (χ3v) is 6.98. The van der Waals surface area contributed by atoms with Crippen LogP contribution in [0.1, 0.15) is 48.8 Å². The van der Waals surface area contributed by atoms with Gasteiger partial charge in [-0.25, -0.2) is 8.42 Å². The topological polar surface area (TPSA) is 76.8 Å². The van der Waals surface area contributed by atoms with Crippen molar-refractivity contribution in [2.75, 3.05) is 18.1 Å². The molecular formula is C22H29NO5S. The highest BCUT2D eigenvalue weighted by Crippen LogP contribution is 2.28. The smallest absolute Gasteiger partial charge is 0.261 e. The van der Waals surface area contributed by atoms with E-state index in [2.05, 4.69) is 13.8 Å². The summed E-state index contributed by atoms with van der Waals surface area (Å²) in [5, 5.41) is 0. The Morgan fingerprint density at radius 3 is 2.59 bits per heavy atom. The van der Waals surface area contributed by atoms with Crippen molar-refractivity contribution in [3.8, 4) is 5.75 Å². The van der Waals surface area contributed by atoms with Crippen LogP contribution in [-0.2, 0) is 21.2 Å². The molecule has 2 heterocycles. The molecule has 3 rings (SSSR count). The second kappa shape index (κ2) is 8.61. The Morgan fingerprint density at radius 2 is 2.00 bits per heavy atom. The van der Waals surface area contributed by atoms with Gasteiger partial charge in [0, 0.05) is 6.04 Å². The quantitative estimate of drug-likeness (QED) is 0.685. The van der Waals surface area contributed by atoms with E-state index < -0.39 is 9.84 Å². The first-order chi connectivity index (χ1) is 13.6. The Hall–Kier alpha value is -2.28. The molecule has 2 aromatic rings. The lowest BCUT2D eigenvalue weighted by atomic mass is 10.0. The number of nitrogens with zero attached hydrogens (tertiary/aromatic N) is 1. The number of ether oxygens (including phenoxy) is 1. The van der Waals surface area contributed by atoms with Crippen LogP contribution in [0.2, 0.25) is 0 Å². The van der Waals surface area contributed by atoms with Crippen molar-refractivity contribution in [1.29, 1.82) is 0 Å². The number of carbonyl (C=O) groups is 1. The number of hydrogen-bond donors (Lipinski definition) is 0. The van der Waals surface area contributed by atoms with Gasteiger partial charge in [-0.3, -0.25) is 4.79 Å². The summed E-state index contributed by atoms with van der Waals surface area (Å²) >= 11 is 0. The minimum absolute atomic E-state index is 0.0138. The second-order valence-electron chi connectivity index (χ2n) is 8.08. The molecule has 1 aliphatic heterocycles. The number of carbonyl (C=O) groups excluding carboxylic acids is 1. The highest BCUT2D eigenvalue weighted by atomic mass is 32.2. The molecule has 0 saturated carbocycles. The van der Waals surface area contributed by atoms with E-state index >= 15 is 0 Å². The fourth-order valence-corrected chi connectivity index (χ4v) is 5.38. The van der Waals surface area contributed by atoms with E-state index in [9.17, 15) is 13.2 Å². The van der Waals surface area contributed by atoms with Gasteiger partial charge < -0.3 is 14.1 Å². The van der Waals surface area contributed by atoms with Crippen molar-refractivity contribution in [2.45, 2.75) is 52.6 Å². The summed E-state index contributed by atoms with van der Waals surface area (Å²) in [5.41, 5.74) is 2.10. The molecule has 7 heteroatoms. The molecule has 0 radical (unpaired) electrons. The molecule has 1 fully saturated rings. The highest BCUT2D eigenvalue weighted by Gasteiger charge is 2.35. The lowest BCUT2D eigenvalue weighted by Crippen LogP contribution is -2.43. The maximum absolute atomic E-state index is 13.1. The Kier molecular flexibility index (Phi) is 6.36.